The lowest BCUT2D eigenvalue weighted by molar-refractivity contribution is -0.137. The van der Waals surface area contributed by atoms with Gasteiger partial charge in [-0.25, -0.2) is 14.5 Å². The summed E-state index contributed by atoms with van der Waals surface area (Å²) < 4.78 is 0. The van der Waals surface area contributed by atoms with Gasteiger partial charge in [0.15, 0.2) is 0 Å². The van der Waals surface area contributed by atoms with Crippen LogP contribution >= 0.6 is 0 Å². The van der Waals surface area contributed by atoms with Crippen LogP contribution in [0.1, 0.15) is 48.5 Å². The number of carbonyl (C=O) groups excluding carboxylic acids is 3. The first kappa shape index (κ1) is 17.9. The smallest absolute Gasteiger partial charge is 0.335 e. The van der Waals surface area contributed by atoms with E-state index in [1.165, 1.54) is 19.1 Å². The monoisotopic (exact) mass is 359 g/mol. The van der Waals surface area contributed by atoms with E-state index in [0.717, 1.165) is 23.3 Å². The van der Waals surface area contributed by atoms with Crippen LogP contribution in [-0.2, 0) is 16.1 Å². The van der Waals surface area contributed by atoms with E-state index in [0.29, 0.717) is 12.8 Å². The highest BCUT2D eigenvalue weighted by Crippen LogP contribution is 2.35. The van der Waals surface area contributed by atoms with Gasteiger partial charge < -0.3 is 15.7 Å². The van der Waals surface area contributed by atoms with E-state index >= 15 is 0 Å². The van der Waals surface area contributed by atoms with Crippen molar-refractivity contribution in [3.8, 4) is 0 Å². The van der Waals surface area contributed by atoms with E-state index in [2.05, 4.69) is 10.6 Å². The lowest BCUT2D eigenvalue weighted by atomic mass is 9.97. The summed E-state index contributed by atoms with van der Waals surface area (Å²) in [5.41, 5.74) is 0.0489. The molecule has 1 spiro atoms. The fourth-order valence-electron chi connectivity index (χ4n) is 3.53. The Bertz CT molecular complexity index is 753. The second-order valence-electron chi connectivity index (χ2n) is 6.79. The molecule has 0 radical (unpaired) electrons. The number of hydrogen-bond donors (Lipinski definition) is 3. The molecule has 1 aromatic rings. The first-order valence-electron chi connectivity index (χ1n) is 8.60. The Labute approximate surface area is 150 Å². The standard InChI is InChI=1S/C18H21N3O5/c1-11(21-16(25)18(20-17(21)26)8-2-3-9-18)14(22)19-10-12-4-6-13(7-5-12)15(23)24/h4-7,11H,2-3,8-10H2,1H3,(H,19,22)(H,20,26)(H,23,24). The molecule has 26 heavy (non-hydrogen) atoms. The van der Waals surface area contributed by atoms with Crippen molar-refractivity contribution in [1.82, 2.24) is 15.5 Å². The van der Waals surface area contributed by atoms with Crippen LogP contribution in [-0.4, -0.2) is 45.4 Å². The molecule has 1 saturated carbocycles. The zero-order valence-corrected chi connectivity index (χ0v) is 14.4. The van der Waals surface area contributed by atoms with Crippen LogP contribution in [0.2, 0.25) is 0 Å². The zero-order valence-electron chi connectivity index (χ0n) is 14.4. The largest absolute Gasteiger partial charge is 0.478 e. The van der Waals surface area contributed by atoms with Gasteiger partial charge in [0.2, 0.25) is 5.91 Å². The number of imide groups is 1. The topological polar surface area (TPSA) is 116 Å². The Hall–Kier alpha value is -2.90. The van der Waals surface area contributed by atoms with Crippen molar-refractivity contribution >= 4 is 23.8 Å². The zero-order chi connectivity index (χ0) is 18.9. The van der Waals surface area contributed by atoms with Crippen LogP contribution in [0.5, 0.6) is 0 Å². The number of nitrogens with one attached hydrogen (secondary N) is 2. The minimum Gasteiger partial charge on any atom is -0.478 e. The molecule has 1 aromatic carbocycles. The van der Waals surface area contributed by atoms with E-state index in [1.54, 1.807) is 12.1 Å². The lowest BCUT2D eigenvalue weighted by Gasteiger charge is -2.23. The number of carbonyl (C=O) groups is 4. The lowest BCUT2D eigenvalue weighted by Crippen LogP contribution is -2.49. The fraction of sp³-hybridized carbons (Fsp3) is 0.444. The number of rotatable bonds is 5. The minimum atomic E-state index is -1.02. The molecule has 1 heterocycles. The number of amides is 4. The molecule has 8 nitrogen and oxygen atoms in total. The highest BCUT2D eigenvalue weighted by atomic mass is 16.4. The maximum absolute atomic E-state index is 12.7. The van der Waals surface area contributed by atoms with Gasteiger partial charge in [0.25, 0.3) is 5.91 Å². The Balaban J connectivity index is 1.61. The van der Waals surface area contributed by atoms with Gasteiger partial charge in [0.1, 0.15) is 11.6 Å². The van der Waals surface area contributed by atoms with E-state index in [4.69, 9.17) is 5.11 Å². The number of aromatic carboxylic acids is 1. The van der Waals surface area contributed by atoms with Gasteiger partial charge in [-0.3, -0.25) is 9.59 Å². The van der Waals surface area contributed by atoms with Crippen LogP contribution in [0.4, 0.5) is 4.79 Å². The first-order chi connectivity index (χ1) is 12.3. The van der Waals surface area contributed by atoms with Gasteiger partial charge in [-0.05, 0) is 37.5 Å². The normalized spacial score (nSPS) is 19.5. The molecule has 138 valence electrons. The molecule has 1 saturated heterocycles. The molecule has 4 amide bonds. The molecule has 1 aliphatic heterocycles. The summed E-state index contributed by atoms with van der Waals surface area (Å²) in [4.78, 5) is 49.1. The average molecular weight is 359 g/mol. The summed E-state index contributed by atoms with van der Waals surface area (Å²) in [7, 11) is 0. The van der Waals surface area contributed by atoms with E-state index in [-0.39, 0.29) is 18.0 Å². The molecular formula is C18H21N3O5. The summed E-state index contributed by atoms with van der Waals surface area (Å²) in [6, 6.07) is 4.68. The molecule has 1 atom stereocenters. The quantitative estimate of drug-likeness (QED) is 0.685. The van der Waals surface area contributed by atoms with Crippen molar-refractivity contribution < 1.29 is 24.3 Å². The van der Waals surface area contributed by atoms with Gasteiger partial charge in [-0.1, -0.05) is 25.0 Å². The second kappa shape index (κ2) is 6.78. The van der Waals surface area contributed by atoms with E-state index in [9.17, 15) is 19.2 Å². The summed E-state index contributed by atoms with van der Waals surface area (Å²) >= 11 is 0. The van der Waals surface area contributed by atoms with Crippen molar-refractivity contribution in [2.24, 2.45) is 0 Å². The number of benzene rings is 1. The third-order valence-electron chi connectivity index (χ3n) is 5.08. The van der Waals surface area contributed by atoms with Crippen molar-refractivity contribution in [3.63, 3.8) is 0 Å². The molecule has 0 aromatic heterocycles. The second-order valence-corrected chi connectivity index (χ2v) is 6.79. The Kier molecular flexibility index (Phi) is 4.67. The van der Waals surface area contributed by atoms with Crippen LogP contribution in [0.25, 0.3) is 0 Å². The highest BCUT2D eigenvalue weighted by Gasteiger charge is 2.54. The minimum absolute atomic E-state index is 0.162. The van der Waals surface area contributed by atoms with Gasteiger partial charge in [-0.2, -0.15) is 0 Å². The predicted molar refractivity (Wildman–Crippen MR) is 91.3 cm³/mol. The van der Waals surface area contributed by atoms with Crippen molar-refractivity contribution in [3.05, 3.63) is 35.4 Å². The van der Waals surface area contributed by atoms with Gasteiger partial charge in [0.05, 0.1) is 5.56 Å². The molecule has 1 unspecified atom stereocenters. The summed E-state index contributed by atoms with van der Waals surface area (Å²) in [5.74, 6) is -1.78. The van der Waals surface area contributed by atoms with Crippen LogP contribution in [0, 0.1) is 0 Å². The van der Waals surface area contributed by atoms with Crippen molar-refractivity contribution in [1.29, 1.82) is 0 Å². The molecule has 3 N–H and O–H groups in total. The van der Waals surface area contributed by atoms with Crippen molar-refractivity contribution in [2.75, 3.05) is 0 Å². The predicted octanol–water partition coefficient (Wildman–Crippen LogP) is 1.25. The van der Waals surface area contributed by atoms with Crippen LogP contribution in [0.3, 0.4) is 0 Å². The van der Waals surface area contributed by atoms with Crippen LogP contribution < -0.4 is 10.6 Å². The molecular weight excluding hydrogens is 338 g/mol. The SMILES string of the molecule is CC(C(=O)NCc1ccc(C(=O)O)cc1)N1C(=O)NC2(CCCC2)C1=O. The third-order valence-corrected chi connectivity index (χ3v) is 5.08. The average Bonchev–Trinajstić information content (AvgIpc) is 3.18. The number of carboxylic acid groups (broad SMARTS) is 1. The van der Waals surface area contributed by atoms with Gasteiger partial charge in [-0.15, -0.1) is 0 Å². The third kappa shape index (κ3) is 3.14. The van der Waals surface area contributed by atoms with Crippen molar-refractivity contribution in [2.45, 2.75) is 50.7 Å². The fourth-order valence-corrected chi connectivity index (χ4v) is 3.53. The van der Waals surface area contributed by atoms with Gasteiger partial charge in [0, 0.05) is 6.54 Å². The van der Waals surface area contributed by atoms with E-state index in [1.807, 2.05) is 0 Å². The Morgan fingerprint density at radius 3 is 2.42 bits per heavy atom. The Morgan fingerprint density at radius 1 is 1.23 bits per heavy atom. The molecule has 1 aliphatic carbocycles. The maximum Gasteiger partial charge on any atom is 0.335 e. The summed E-state index contributed by atoms with van der Waals surface area (Å²) in [5, 5.41) is 14.3. The number of urea groups is 1. The molecule has 8 heteroatoms. The van der Waals surface area contributed by atoms with E-state index < -0.39 is 29.5 Å². The molecule has 2 aliphatic rings. The van der Waals surface area contributed by atoms with Gasteiger partial charge >= 0.3 is 12.0 Å². The summed E-state index contributed by atoms with van der Waals surface area (Å²) in [6.45, 7) is 1.70. The Morgan fingerprint density at radius 2 is 1.85 bits per heavy atom. The first-order valence-corrected chi connectivity index (χ1v) is 8.60. The maximum atomic E-state index is 12.7. The van der Waals surface area contributed by atoms with Crippen LogP contribution in [0.15, 0.2) is 24.3 Å². The highest BCUT2D eigenvalue weighted by molar-refractivity contribution is 6.09. The number of hydrogen-bond acceptors (Lipinski definition) is 4. The molecule has 3 rings (SSSR count). The number of carboxylic acids is 1. The number of nitrogens with zero attached hydrogens (tertiary/aromatic N) is 1. The molecule has 2 fully saturated rings. The molecule has 0 bridgehead atoms. The summed E-state index contributed by atoms with van der Waals surface area (Å²) in [6.07, 6.45) is 2.98.